The fourth-order valence-electron chi connectivity index (χ4n) is 2.15. The number of thiazole rings is 1. The molecule has 1 heterocycles. The zero-order valence-corrected chi connectivity index (χ0v) is 15.1. The molecule has 0 atom stereocenters. The molecule has 1 amide bonds. The molecule has 0 spiro atoms. The molecule has 0 saturated heterocycles. The van der Waals surface area contributed by atoms with Gasteiger partial charge in [0.2, 0.25) is 0 Å². The second-order valence-electron chi connectivity index (χ2n) is 4.96. The van der Waals surface area contributed by atoms with Crippen LogP contribution in [0, 0.1) is 0 Å². The summed E-state index contributed by atoms with van der Waals surface area (Å²) >= 11 is 7.45. The number of fused-ring (bicyclic) bond motifs is 1. The summed E-state index contributed by atoms with van der Waals surface area (Å²) < 4.78 is 16.5. The van der Waals surface area contributed by atoms with Crippen molar-refractivity contribution < 1.29 is 19.0 Å². The van der Waals surface area contributed by atoms with E-state index >= 15 is 0 Å². The van der Waals surface area contributed by atoms with E-state index in [4.69, 9.17) is 25.8 Å². The Morgan fingerprint density at radius 2 is 1.84 bits per heavy atom. The molecule has 8 heteroatoms. The molecule has 0 aliphatic heterocycles. The third-order valence-electron chi connectivity index (χ3n) is 3.35. The first-order chi connectivity index (χ1) is 12.1. The van der Waals surface area contributed by atoms with E-state index in [1.165, 1.54) is 11.3 Å². The smallest absolute Gasteiger partial charge is 0.264 e. The minimum absolute atomic E-state index is 0.132. The van der Waals surface area contributed by atoms with E-state index in [9.17, 15) is 4.79 Å². The molecule has 1 aromatic heterocycles. The molecule has 0 aliphatic rings. The first-order valence-electron chi connectivity index (χ1n) is 7.30. The number of methoxy groups -OCH3 is 2. The van der Waals surface area contributed by atoms with E-state index in [-0.39, 0.29) is 12.5 Å². The number of hydrogen-bond acceptors (Lipinski definition) is 6. The Labute approximate surface area is 153 Å². The summed E-state index contributed by atoms with van der Waals surface area (Å²) in [5.41, 5.74) is 0.617. The summed E-state index contributed by atoms with van der Waals surface area (Å²) in [6.45, 7) is -0.132. The molecule has 6 nitrogen and oxygen atoms in total. The highest BCUT2D eigenvalue weighted by atomic mass is 35.5. The van der Waals surface area contributed by atoms with Gasteiger partial charge in [-0.1, -0.05) is 22.9 Å². The number of amides is 1. The molecule has 25 heavy (non-hydrogen) atoms. The van der Waals surface area contributed by atoms with Crippen LogP contribution in [0.25, 0.3) is 10.2 Å². The second kappa shape index (κ2) is 7.58. The minimum Gasteiger partial charge on any atom is -0.497 e. The van der Waals surface area contributed by atoms with Crippen molar-refractivity contribution in [3.63, 3.8) is 0 Å². The van der Waals surface area contributed by atoms with Crippen LogP contribution in [0.3, 0.4) is 0 Å². The maximum absolute atomic E-state index is 12.1. The van der Waals surface area contributed by atoms with Gasteiger partial charge >= 0.3 is 0 Å². The number of nitrogens with one attached hydrogen (secondary N) is 1. The Morgan fingerprint density at radius 1 is 1.12 bits per heavy atom. The fourth-order valence-corrected chi connectivity index (χ4v) is 3.32. The molecule has 130 valence electrons. The highest BCUT2D eigenvalue weighted by molar-refractivity contribution is 7.23. The van der Waals surface area contributed by atoms with Crippen LogP contribution in [-0.2, 0) is 4.79 Å². The van der Waals surface area contributed by atoms with Crippen LogP contribution >= 0.6 is 22.9 Å². The fraction of sp³-hybridized carbons (Fsp3) is 0.176. The normalized spacial score (nSPS) is 10.5. The molecule has 3 rings (SSSR count). The third-order valence-corrected chi connectivity index (χ3v) is 4.79. The summed E-state index contributed by atoms with van der Waals surface area (Å²) in [6, 6.07) is 10.5. The van der Waals surface area contributed by atoms with Gasteiger partial charge in [-0.05, 0) is 36.4 Å². The highest BCUT2D eigenvalue weighted by Crippen LogP contribution is 2.37. The number of nitrogens with zero attached hydrogens (tertiary/aromatic N) is 1. The maximum atomic E-state index is 12.1. The Bertz CT molecular complexity index is 896. The first kappa shape index (κ1) is 17.3. The molecule has 0 radical (unpaired) electrons. The predicted molar refractivity (Wildman–Crippen MR) is 98.3 cm³/mol. The van der Waals surface area contributed by atoms with Crippen molar-refractivity contribution in [2.75, 3.05) is 26.1 Å². The molecule has 0 unspecified atom stereocenters. The predicted octanol–water partition coefficient (Wildman–Crippen LogP) is 3.98. The molecule has 1 N–H and O–H groups in total. The van der Waals surface area contributed by atoms with Gasteiger partial charge in [0.05, 0.1) is 23.9 Å². The number of hydrogen-bond donors (Lipinski definition) is 1. The Kier molecular flexibility index (Phi) is 5.25. The van der Waals surface area contributed by atoms with Gasteiger partial charge in [0.15, 0.2) is 11.7 Å². The van der Waals surface area contributed by atoms with E-state index in [0.29, 0.717) is 27.2 Å². The van der Waals surface area contributed by atoms with Gasteiger partial charge in [-0.25, -0.2) is 4.98 Å². The van der Waals surface area contributed by atoms with Crippen molar-refractivity contribution >= 4 is 44.2 Å². The number of carbonyl (C=O) groups is 1. The summed E-state index contributed by atoms with van der Waals surface area (Å²) in [7, 11) is 3.14. The largest absolute Gasteiger partial charge is 0.497 e. The molecule has 2 aromatic carbocycles. The SMILES string of the molecule is COc1ccc(OCC(=O)Nc2nc3c(OC)ccc(Cl)c3s2)cc1. The lowest BCUT2D eigenvalue weighted by molar-refractivity contribution is -0.118. The van der Waals surface area contributed by atoms with Crippen molar-refractivity contribution in [2.24, 2.45) is 0 Å². The molecular weight excluding hydrogens is 364 g/mol. The molecule has 0 bridgehead atoms. The number of halogens is 1. The number of rotatable bonds is 6. The Morgan fingerprint density at radius 3 is 2.52 bits per heavy atom. The number of benzene rings is 2. The van der Waals surface area contributed by atoms with Crippen molar-refractivity contribution in [1.82, 2.24) is 4.98 Å². The third kappa shape index (κ3) is 3.94. The topological polar surface area (TPSA) is 69.7 Å². The molecule has 0 fully saturated rings. The second-order valence-corrected chi connectivity index (χ2v) is 6.37. The van der Waals surface area contributed by atoms with Gasteiger partial charge in [0.1, 0.15) is 22.8 Å². The van der Waals surface area contributed by atoms with E-state index < -0.39 is 0 Å². The van der Waals surface area contributed by atoms with Gasteiger partial charge in [-0.15, -0.1) is 0 Å². The lowest BCUT2D eigenvalue weighted by Crippen LogP contribution is -2.19. The summed E-state index contributed by atoms with van der Waals surface area (Å²) in [5.74, 6) is 1.58. The average Bonchev–Trinajstić information content (AvgIpc) is 3.05. The van der Waals surface area contributed by atoms with E-state index in [1.807, 2.05) is 0 Å². The Hall–Kier alpha value is -2.51. The lowest BCUT2D eigenvalue weighted by Gasteiger charge is -2.06. The highest BCUT2D eigenvalue weighted by Gasteiger charge is 2.14. The summed E-state index contributed by atoms with van der Waals surface area (Å²) in [6.07, 6.45) is 0. The van der Waals surface area contributed by atoms with Crippen molar-refractivity contribution in [2.45, 2.75) is 0 Å². The molecule has 0 saturated carbocycles. The Balaban J connectivity index is 1.66. The van der Waals surface area contributed by atoms with Crippen LogP contribution in [0.2, 0.25) is 5.02 Å². The van der Waals surface area contributed by atoms with E-state index in [1.54, 1.807) is 50.6 Å². The van der Waals surface area contributed by atoms with E-state index in [2.05, 4.69) is 10.3 Å². The maximum Gasteiger partial charge on any atom is 0.264 e. The van der Waals surface area contributed by atoms with Gasteiger partial charge in [0, 0.05) is 0 Å². The van der Waals surface area contributed by atoms with Gasteiger partial charge in [-0.3, -0.25) is 10.1 Å². The van der Waals surface area contributed by atoms with Crippen LogP contribution in [0.1, 0.15) is 0 Å². The van der Waals surface area contributed by atoms with Crippen LogP contribution in [0.15, 0.2) is 36.4 Å². The number of ether oxygens (including phenoxy) is 3. The van der Waals surface area contributed by atoms with Gasteiger partial charge in [-0.2, -0.15) is 0 Å². The standard InChI is InChI=1S/C17H15ClN2O4S/c1-22-10-3-5-11(6-4-10)24-9-14(21)19-17-20-15-13(23-2)8-7-12(18)16(15)25-17/h3-8H,9H2,1-2H3,(H,19,20,21). The average molecular weight is 379 g/mol. The summed E-state index contributed by atoms with van der Waals surface area (Å²) in [4.78, 5) is 16.4. The van der Waals surface area contributed by atoms with Crippen molar-refractivity contribution in [3.05, 3.63) is 41.4 Å². The lowest BCUT2D eigenvalue weighted by atomic mass is 10.3. The van der Waals surface area contributed by atoms with Crippen LogP contribution in [-0.4, -0.2) is 31.7 Å². The summed E-state index contributed by atoms with van der Waals surface area (Å²) in [5, 5.41) is 3.70. The molecular formula is C17H15ClN2O4S. The first-order valence-corrected chi connectivity index (χ1v) is 8.50. The van der Waals surface area contributed by atoms with Gasteiger partial charge in [0.25, 0.3) is 5.91 Å². The van der Waals surface area contributed by atoms with Crippen LogP contribution in [0.5, 0.6) is 17.2 Å². The van der Waals surface area contributed by atoms with Crippen molar-refractivity contribution in [3.8, 4) is 17.2 Å². The van der Waals surface area contributed by atoms with Gasteiger partial charge < -0.3 is 14.2 Å². The number of anilines is 1. The van der Waals surface area contributed by atoms with E-state index in [0.717, 1.165) is 10.4 Å². The van der Waals surface area contributed by atoms with Crippen molar-refractivity contribution in [1.29, 1.82) is 0 Å². The molecule has 0 aliphatic carbocycles. The van der Waals surface area contributed by atoms with Crippen LogP contribution < -0.4 is 19.5 Å². The van der Waals surface area contributed by atoms with Crippen LogP contribution in [0.4, 0.5) is 5.13 Å². The zero-order valence-electron chi connectivity index (χ0n) is 13.5. The molecule has 3 aromatic rings. The minimum atomic E-state index is -0.315. The zero-order chi connectivity index (χ0) is 17.8. The number of aromatic nitrogens is 1. The number of carbonyl (C=O) groups excluding carboxylic acids is 1. The monoisotopic (exact) mass is 378 g/mol. The quantitative estimate of drug-likeness (QED) is 0.702.